The Morgan fingerprint density at radius 1 is 1.08 bits per heavy atom. The molecule has 0 aliphatic carbocycles. The third-order valence-electron chi connectivity index (χ3n) is 6.21. The van der Waals surface area contributed by atoms with Crippen molar-refractivity contribution in [3.63, 3.8) is 0 Å². The Labute approximate surface area is 222 Å². The van der Waals surface area contributed by atoms with E-state index in [0.29, 0.717) is 11.4 Å². The maximum atomic E-state index is 13.9. The van der Waals surface area contributed by atoms with Crippen LogP contribution in [-0.4, -0.2) is 61.7 Å². The standard InChI is InChI=1S/C29H34N4O5/c1-29(2,3)38-28(36)32(4)18-26(34)31-23-16-30-22-12-8-9-13-24(22)33(27(23)35)17-21-20-11-7-6-10-19(20)14-15-25(21)37-5/h6-15,23,30H,16-18H2,1-5H3,(H,31,34). The summed E-state index contributed by atoms with van der Waals surface area (Å²) in [6, 6.07) is 18.5. The highest BCUT2D eigenvalue weighted by atomic mass is 16.6. The zero-order valence-electron chi connectivity index (χ0n) is 22.4. The molecule has 0 spiro atoms. The summed E-state index contributed by atoms with van der Waals surface area (Å²) in [6.07, 6.45) is -0.616. The van der Waals surface area contributed by atoms with Crippen LogP contribution in [0.2, 0.25) is 0 Å². The molecule has 0 bridgehead atoms. The number of fused-ring (bicyclic) bond motifs is 2. The lowest BCUT2D eigenvalue weighted by atomic mass is 10.0. The first-order valence-corrected chi connectivity index (χ1v) is 12.5. The molecule has 2 N–H and O–H groups in total. The molecule has 1 aliphatic rings. The van der Waals surface area contributed by atoms with Crippen LogP contribution in [0, 0.1) is 0 Å². The number of hydrogen-bond donors (Lipinski definition) is 2. The van der Waals surface area contributed by atoms with E-state index in [-0.39, 0.29) is 25.5 Å². The monoisotopic (exact) mass is 518 g/mol. The first-order chi connectivity index (χ1) is 18.1. The van der Waals surface area contributed by atoms with Gasteiger partial charge in [0, 0.05) is 19.2 Å². The predicted molar refractivity (Wildman–Crippen MR) is 147 cm³/mol. The topological polar surface area (TPSA) is 100 Å². The van der Waals surface area contributed by atoms with Gasteiger partial charge in [0.25, 0.3) is 5.91 Å². The summed E-state index contributed by atoms with van der Waals surface area (Å²) in [4.78, 5) is 42.0. The van der Waals surface area contributed by atoms with Gasteiger partial charge in [-0.25, -0.2) is 4.79 Å². The van der Waals surface area contributed by atoms with Gasteiger partial charge >= 0.3 is 6.09 Å². The van der Waals surface area contributed by atoms with Crippen LogP contribution in [0.3, 0.4) is 0 Å². The molecule has 0 aromatic heterocycles. The third kappa shape index (κ3) is 5.99. The fourth-order valence-electron chi connectivity index (χ4n) is 4.43. The van der Waals surface area contributed by atoms with Gasteiger partial charge in [0.1, 0.15) is 23.9 Å². The molecule has 3 aromatic rings. The molecular formula is C29H34N4O5. The summed E-state index contributed by atoms with van der Waals surface area (Å²) in [7, 11) is 3.09. The summed E-state index contributed by atoms with van der Waals surface area (Å²) in [5.41, 5.74) is 1.67. The van der Waals surface area contributed by atoms with Crippen molar-refractivity contribution in [2.45, 2.75) is 39.0 Å². The normalized spacial score (nSPS) is 15.2. The number of methoxy groups -OCH3 is 1. The minimum atomic E-state index is -0.858. The first-order valence-electron chi connectivity index (χ1n) is 12.5. The molecule has 3 aromatic carbocycles. The average Bonchev–Trinajstić information content (AvgIpc) is 3.00. The van der Waals surface area contributed by atoms with E-state index in [1.165, 1.54) is 11.9 Å². The van der Waals surface area contributed by atoms with Gasteiger partial charge < -0.3 is 29.9 Å². The van der Waals surface area contributed by atoms with E-state index in [4.69, 9.17) is 9.47 Å². The highest BCUT2D eigenvalue weighted by Crippen LogP contribution is 2.34. The number of hydrogen-bond acceptors (Lipinski definition) is 6. The number of anilines is 2. The largest absolute Gasteiger partial charge is 0.496 e. The van der Waals surface area contributed by atoms with Crippen LogP contribution < -0.4 is 20.3 Å². The Balaban J connectivity index is 1.60. The van der Waals surface area contributed by atoms with Crippen molar-refractivity contribution in [1.82, 2.24) is 10.2 Å². The molecule has 0 radical (unpaired) electrons. The number of para-hydroxylation sites is 2. The molecule has 1 unspecified atom stereocenters. The van der Waals surface area contributed by atoms with Crippen molar-refractivity contribution >= 4 is 40.1 Å². The molecular weight excluding hydrogens is 484 g/mol. The van der Waals surface area contributed by atoms with Gasteiger partial charge in [-0.1, -0.05) is 42.5 Å². The molecule has 9 heteroatoms. The van der Waals surface area contributed by atoms with E-state index in [2.05, 4.69) is 10.6 Å². The van der Waals surface area contributed by atoms with E-state index in [9.17, 15) is 14.4 Å². The molecule has 3 amide bonds. The highest BCUT2D eigenvalue weighted by molar-refractivity contribution is 6.04. The number of nitrogens with zero attached hydrogens (tertiary/aromatic N) is 2. The number of rotatable bonds is 6. The van der Waals surface area contributed by atoms with Gasteiger partial charge in [-0.2, -0.15) is 0 Å². The lowest BCUT2D eigenvalue weighted by Crippen LogP contribution is -2.52. The van der Waals surface area contributed by atoms with E-state index in [1.54, 1.807) is 32.8 Å². The molecule has 200 valence electrons. The van der Waals surface area contributed by atoms with Crippen molar-refractivity contribution in [2.24, 2.45) is 0 Å². The van der Waals surface area contributed by atoms with E-state index < -0.39 is 23.6 Å². The second kappa shape index (κ2) is 11.0. The van der Waals surface area contributed by atoms with Gasteiger partial charge in [-0.05, 0) is 49.7 Å². The van der Waals surface area contributed by atoms with Crippen LogP contribution in [0.15, 0.2) is 60.7 Å². The number of ether oxygens (including phenoxy) is 2. The Hall–Kier alpha value is -4.27. The molecule has 9 nitrogen and oxygen atoms in total. The lowest BCUT2D eigenvalue weighted by molar-refractivity contribution is -0.127. The summed E-state index contributed by atoms with van der Waals surface area (Å²) in [5.74, 6) is -0.0661. The van der Waals surface area contributed by atoms with Gasteiger partial charge in [0.05, 0.1) is 25.0 Å². The lowest BCUT2D eigenvalue weighted by Gasteiger charge is -2.28. The Morgan fingerprint density at radius 2 is 1.79 bits per heavy atom. The van der Waals surface area contributed by atoms with Crippen LogP contribution >= 0.6 is 0 Å². The van der Waals surface area contributed by atoms with E-state index in [1.807, 2.05) is 60.7 Å². The quantitative estimate of drug-likeness (QED) is 0.508. The maximum absolute atomic E-state index is 13.9. The summed E-state index contributed by atoms with van der Waals surface area (Å²) >= 11 is 0. The number of carbonyl (C=O) groups is 3. The van der Waals surface area contributed by atoms with Crippen LogP contribution in [0.4, 0.5) is 16.2 Å². The van der Waals surface area contributed by atoms with E-state index in [0.717, 1.165) is 22.0 Å². The van der Waals surface area contributed by atoms with Crippen molar-refractivity contribution in [2.75, 3.05) is 37.5 Å². The molecule has 0 saturated carbocycles. The molecule has 38 heavy (non-hydrogen) atoms. The van der Waals surface area contributed by atoms with Gasteiger partial charge in [-0.3, -0.25) is 9.59 Å². The van der Waals surface area contributed by atoms with Gasteiger partial charge in [0.2, 0.25) is 5.91 Å². The summed E-state index contributed by atoms with van der Waals surface area (Å²) in [6.45, 7) is 5.46. The number of nitrogens with one attached hydrogen (secondary N) is 2. The highest BCUT2D eigenvalue weighted by Gasteiger charge is 2.33. The smallest absolute Gasteiger partial charge is 0.410 e. The van der Waals surface area contributed by atoms with Crippen LogP contribution in [0.1, 0.15) is 26.3 Å². The van der Waals surface area contributed by atoms with Crippen LogP contribution in [-0.2, 0) is 20.9 Å². The minimum Gasteiger partial charge on any atom is -0.496 e. The number of benzene rings is 3. The SMILES string of the molecule is COc1ccc2ccccc2c1CN1C(=O)C(NC(=O)CN(C)C(=O)OC(C)(C)C)CNc2ccccc21. The first kappa shape index (κ1) is 26.8. The predicted octanol–water partition coefficient (Wildman–Crippen LogP) is 4.16. The number of amides is 3. The van der Waals surface area contributed by atoms with Crippen molar-refractivity contribution in [1.29, 1.82) is 0 Å². The third-order valence-corrected chi connectivity index (χ3v) is 6.21. The van der Waals surface area contributed by atoms with Gasteiger partial charge in [-0.15, -0.1) is 0 Å². The molecule has 4 rings (SSSR count). The van der Waals surface area contributed by atoms with Crippen LogP contribution in [0.25, 0.3) is 10.8 Å². The summed E-state index contributed by atoms with van der Waals surface area (Å²) < 4.78 is 11.0. The minimum absolute atomic E-state index is 0.195. The van der Waals surface area contributed by atoms with Crippen molar-refractivity contribution < 1.29 is 23.9 Å². The van der Waals surface area contributed by atoms with Gasteiger partial charge in [0.15, 0.2) is 0 Å². The molecule has 0 saturated heterocycles. The Bertz CT molecular complexity index is 1350. The Kier molecular flexibility index (Phi) is 7.75. The molecule has 1 aliphatic heterocycles. The fourth-order valence-corrected chi connectivity index (χ4v) is 4.43. The second-order valence-corrected chi connectivity index (χ2v) is 10.2. The second-order valence-electron chi connectivity index (χ2n) is 10.2. The fraction of sp³-hybridized carbons (Fsp3) is 0.345. The summed E-state index contributed by atoms with van der Waals surface area (Å²) in [5, 5.41) is 8.10. The maximum Gasteiger partial charge on any atom is 0.410 e. The Morgan fingerprint density at radius 3 is 2.53 bits per heavy atom. The van der Waals surface area contributed by atoms with Crippen molar-refractivity contribution in [3.05, 3.63) is 66.2 Å². The average molecular weight is 519 g/mol. The van der Waals surface area contributed by atoms with E-state index >= 15 is 0 Å². The number of carbonyl (C=O) groups excluding carboxylic acids is 3. The molecule has 1 atom stereocenters. The molecule has 1 heterocycles. The zero-order valence-corrected chi connectivity index (χ0v) is 22.4. The number of likely N-dealkylation sites (N-methyl/N-ethyl adjacent to an activating group) is 1. The van der Waals surface area contributed by atoms with Crippen molar-refractivity contribution in [3.8, 4) is 5.75 Å². The zero-order chi connectivity index (χ0) is 27.4. The molecule has 0 fully saturated rings. The van der Waals surface area contributed by atoms with Crippen LogP contribution in [0.5, 0.6) is 5.75 Å².